The number of amides is 4. The molecule has 2 rings (SSSR count). The summed E-state index contributed by atoms with van der Waals surface area (Å²) in [5.41, 5.74) is 1.48. The molecule has 1 aliphatic heterocycles. The van der Waals surface area contributed by atoms with Gasteiger partial charge >= 0.3 is 6.09 Å². The van der Waals surface area contributed by atoms with E-state index in [0.717, 1.165) is 24.1 Å². The Morgan fingerprint density at radius 2 is 1.60 bits per heavy atom. The third-order valence-corrected chi connectivity index (χ3v) is 11.4. The first-order valence-corrected chi connectivity index (χ1v) is 21.1. The van der Waals surface area contributed by atoms with Gasteiger partial charge in [-0.15, -0.1) is 0 Å². The number of hydrogen-bond donors (Lipinski definition) is 2. The second-order valence-corrected chi connectivity index (χ2v) is 16.2. The standard InChI is InChI=1S/C41H67N5O8S/c1-12-28(7)46(35(13-2)53-10)29(8)38(49)36(26(3)4)43-39(50)37(27(5)6)44(9)41(52)54-25-30-18-20-31(21-19-30)42-24-32(47)17-15-14-16-22-45-34(48)23-33(55-11)40(45)51/h18-21,26-29,33,35-37,42H,12-17,22-25H2,1-11H3,(H,43,50)/t28-,29?,33?,35-,36-,37-/m0/s1. The number of rotatable bonds is 25. The molecule has 0 radical (unpaired) electrons. The normalized spacial score (nSPS) is 17.3. The largest absolute Gasteiger partial charge is 0.445 e. The van der Waals surface area contributed by atoms with Crippen LogP contribution in [-0.2, 0) is 40.1 Å². The molecule has 0 aliphatic carbocycles. The third-order valence-electron chi connectivity index (χ3n) is 10.4. The van der Waals surface area contributed by atoms with Crippen molar-refractivity contribution in [2.24, 2.45) is 11.8 Å². The highest BCUT2D eigenvalue weighted by Gasteiger charge is 2.39. The summed E-state index contributed by atoms with van der Waals surface area (Å²) in [6.45, 7) is 16.0. The van der Waals surface area contributed by atoms with Crippen LogP contribution in [0.3, 0.4) is 0 Å². The highest BCUT2D eigenvalue weighted by atomic mass is 32.2. The third kappa shape index (κ3) is 13.9. The van der Waals surface area contributed by atoms with Gasteiger partial charge in [0.15, 0.2) is 11.6 Å². The average molecular weight is 790 g/mol. The minimum absolute atomic E-state index is 0.0183. The van der Waals surface area contributed by atoms with Crippen LogP contribution in [0.4, 0.5) is 10.5 Å². The number of likely N-dealkylation sites (N-methyl/N-ethyl adjacent to an activating group) is 1. The van der Waals surface area contributed by atoms with E-state index in [4.69, 9.17) is 9.47 Å². The van der Waals surface area contributed by atoms with E-state index < -0.39 is 30.1 Å². The number of ether oxygens (including phenoxy) is 2. The number of methoxy groups -OCH3 is 1. The van der Waals surface area contributed by atoms with Crippen LogP contribution in [0.25, 0.3) is 0 Å². The van der Waals surface area contributed by atoms with Crippen molar-refractivity contribution < 1.29 is 38.2 Å². The van der Waals surface area contributed by atoms with Crippen molar-refractivity contribution in [2.75, 3.05) is 38.8 Å². The zero-order valence-corrected chi connectivity index (χ0v) is 35.8. The summed E-state index contributed by atoms with van der Waals surface area (Å²) < 4.78 is 11.3. The van der Waals surface area contributed by atoms with Gasteiger partial charge in [0.1, 0.15) is 18.9 Å². The predicted octanol–water partition coefficient (Wildman–Crippen LogP) is 5.89. The van der Waals surface area contributed by atoms with Gasteiger partial charge in [-0.05, 0) is 75.3 Å². The lowest BCUT2D eigenvalue weighted by molar-refractivity contribution is -0.140. The van der Waals surface area contributed by atoms with E-state index in [2.05, 4.69) is 29.4 Å². The van der Waals surface area contributed by atoms with Crippen molar-refractivity contribution in [1.82, 2.24) is 20.0 Å². The van der Waals surface area contributed by atoms with Crippen LogP contribution >= 0.6 is 11.8 Å². The van der Waals surface area contributed by atoms with E-state index in [1.165, 1.54) is 28.6 Å². The molecule has 0 saturated carbocycles. The minimum Gasteiger partial charge on any atom is -0.445 e. The molecule has 1 aromatic rings. The lowest BCUT2D eigenvalue weighted by atomic mass is 9.92. The number of carbonyl (C=O) groups is 6. The molecule has 2 unspecified atom stereocenters. The molecular weight excluding hydrogens is 723 g/mol. The number of Topliss-reactive ketones (excluding diaryl/α,β-unsaturated/α-hetero) is 2. The van der Waals surface area contributed by atoms with Gasteiger partial charge < -0.3 is 20.1 Å². The zero-order valence-electron chi connectivity index (χ0n) is 35.0. The van der Waals surface area contributed by atoms with E-state index in [9.17, 15) is 28.8 Å². The monoisotopic (exact) mass is 789 g/mol. The second-order valence-electron chi connectivity index (χ2n) is 15.2. The van der Waals surface area contributed by atoms with E-state index in [1.54, 1.807) is 31.4 Å². The highest BCUT2D eigenvalue weighted by molar-refractivity contribution is 8.00. The summed E-state index contributed by atoms with van der Waals surface area (Å²) in [5, 5.41) is 5.83. The Morgan fingerprint density at radius 1 is 0.945 bits per heavy atom. The number of likely N-dealkylation sites (tertiary alicyclic amines) is 1. The molecule has 0 spiro atoms. The summed E-state index contributed by atoms with van der Waals surface area (Å²) in [6, 6.07) is 5.14. The van der Waals surface area contributed by atoms with Crippen molar-refractivity contribution in [1.29, 1.82) is 0 Å². The number of unbranched alkanes of at least 4 members (excludes halogenated alkanes) is 2. The fraction of sp³-hybridized carbons (Fsp3) is 0.707. The molecule has 2 N–H and O–H groups in total. The van der Waals surface area contributed by atoms with Crippen molar-refractivity contribution >= 4 is 52.8 Å². The number of imide groups is 1. The highest BCUT2D eigenvalue weighted by Crippen LogP contribution is 2.24. The summed E-state index contributed by atoms with van der Waals surface area (Å²) in [4.78, 5) is 82.4. The molecule has 1 aromatic carbocycles. The summed E-state index contributed by atoms with van der Waals surface area (Å²) in [7, 11) is 3.17. The van der Waals surface area contributed by atoms with Gasteiger partial charge in [-0.2, -0.15) is 11.8 Å². The number of benzene rings is 1. The molecule has 13 nitrogen and oxygen atoms in total. The molecule has 1 heterocycles. The number of carbonyl (C=O) groups excluding carboxylic acids is 6. The Labute approximate surface area is 333 Å². The number of anilines is 1. The number of nitrogens with one attached hydrogen (secondary N) is 2. The maximum atomic E-state index is 13.9. The van der Waals surface area contributed by atoms with Gasteiger partial charge in [0, 0.05) is 45.3 Å². The first kappa shape index (κ1) is 47.7. The van der Waals surface area contributed by atoms with Gasteiger partial charge in [-0.25, -0.2) is 4.79 Å². The van der Waals surface area contributed by atoms with Crippen LogP contribution in [0, 0.1) is 11.8 Å². The number of thioether (sulfide) groups is 1. The van der Waals surface area contributed by atoms with Crippen molar-refractivity contribution in [3.8, 4) is 0 Å². The van der Waals surface area contributed by atoms with Gasteiger partial charge in [0.2, 0.25) is 17.7 Å². The molecule has 4 amide bonds. The van der Waals surface area contributed by atoms with Crippen LogP contribution in [0.15, 0.2) is 24.3 Å². The zero-order chi connectivity index (χ0) is 41.4. The van der Waals surface area contributed by atoms with Crippen molar-refractivity contribution in [3.05, 3.63) is 29.8 Å². The molecule has 6 atom stereocenters. The Bertz CT molecular complexity index is 1420. The molecule has 1 fully saturated rings. The molecule has 55 heavy (non-hydrogen) atoms. The van der Waals surface area contributed by atoms with E-state index >= 15 is 0 Å². The minimum atomic E-state index is -0.875. The van der Waals surface area contributed by atoms with Crippen LogP contribution in [0.2, 0.25) is 0 Å². The van der Waals surface area contributed by atoms with Crippen molar-refractivity contribution in [3.63, 3.8) is 0 Å². The fourth-order valence-corrected chi connectivity index (χ4v) is 7.61. The first-order chi connectivity index (χ1) is 26.0. The number of nitrogens with zero attached hydrogens (tertiary/aromatic N) is 3. The fourth-order valence-electron chi connectivity index (χ4n) is 6.97. The van der Waals surface area contributed by atoms with Crippen LogP contribution in [0.1, 0.15) is 106 Å². The number of ketones is 2. The molecule has 0 bridgehead atoms. The maximum Gasteiger partial charge on any atom is 0.410 e. The van der Waals surface area contributed by atoms with E-state index in [1.807, 2.05) is 47.8 Å². The maximum absolute atomic E-state index is 13.9. The lowest BCUT2D eigenvalue weighted by Crippen LogP contribution is -2.60. The van der Waals surface area contributed by atoms with Crippen LogP contribution in [0.5, 0.6) is 0 Å². The molecule has 0 aromatic heterocycles. The summed E-state index contributed by atoms with van der Waals surface area (Å²) in [6.07, 6.45) is 5.25. The Balaban J connectivity index is 1.88. The Kier molecular flexibility index (Phi) is 20.4. The molecule has 1 aliphatic rings. The quantitative estimate of drug-likeness (QED) is 0.0692. The first-order valence-electron chi connectivity index (χ1n) is 19.8. The second kappa shape index (κ2) is 23.5. The summed E-state index contributed by atoms with van der Waals surface area (Å²) in [5.74, 6) is -1.15. The van der Waals surface area contributed by atoms with E-state index in [0.29, 0.717) is 32.2 Å². The smallest absolute Gasteiger partial charge is 0.410 e. The topological polar surface area (TPSA) is 155 Å². The lowest BCUT2D eigenvalue weighted by Gasteiger charge is -2.40. The van der Waals surface area contributed by atoms with Gasteiger partial charge in [-0.1, -0.05) is 60.1 Å². The van der Waals surface area contributed by atoms with Gasteiger partial charge in [-0.3, -0.25) is 38.7 Å². The molecular formula is C41H67N5O8S. The van der Waals surface area contributed by atoms with Crippen LogP contribution < -0.4 is 10.6 Å². The average Bonchev–Trinajstić information content (AvgIpc) is 3.44. The Morgan fingerprint density at radius 3 is 2.13 bits per heavy atom. The molecule has 1 saturated heterocycles. The van der Waals surface area contributed by atoms with Gasteiger partial charge in [0.05, 0.1) is 23.9 Å². The predicted molar refractivity (Wildman–Crippen MR) is 218 cm³/mol. The Hall–Kier alpha value is -3.49. The summed E-state index contributed by atoms with van der Waals surface area (Å²) >= 11 is 1.40. The molecule has 310 valence electrons. The van der Waals surface area contributed by atoms with Crippen LogP contribution in [-0.4, -0.2) is 119 Å². The van der Waals surface area contributed by atoms with E-state index in [-0.39, 0.29) is 72.3 Å². The number of hydrogen-bond acceptors (Lipinski definition) is 11. The van der Waals surface area contributed by atoms with Crippen molar-refractivity contribution in [2.45, 2.75) is 143 Å². The SMILES string of the molecule is CC[C@H](OC)N(C(C)C(=O)[C@@H](NC(=O)[C@H](C(C)C)N(C)C(=O)OCc1ccc(NCC(=O)CCCCCN2C(=O)CC(SC)C2=O)cc1)C(C)C)[C@@H](C)CC. The van der Waals surface area contributed by atoms with Gasteiger partial charge in [0.25, 0.3) is 0 Å². The molecule has 14 heteroatoms.